The molecule has 6 N–H and O–H groups in total. The summed E-state index contributed by atoms with van der Waals surface area (Å²) >= 11 is 0. The molecule has 0 aliphatic carbocycles. The van der Waals surface area contributed by atoms with Gasteiger partial charge in [-0.15, -0.1) is 0 Å². The highest BCUT2D eigenvalue weighted by molar-refractivity contribution is 5.76. The van der Waals surface area contributed by atoms with Gasteiger partial charge in [0.15, 0.2) is 6.29 Å². The van der Waals surface area contributed by atoms with E-state index in [1.807, 2.05) is 6.08 Å². The topological polar surface area (TPSA) is 149 Å². The van der Waals surface area contributed by atoms with Crippen molar-refractivity contribution in [3.63, 3.8) is 0 Å². The molecule has 0 aromatic rings. The molecule has 0 radical (unpaired) electrons. The average molecular weight is 1200 g/mol. The Bertz CT molecular complexity index is 1820. The quantitative estimate of drug-likeness (QED) is 0.0261. The minimum atomic E-state index is -1.59. The summed E-state index contributed by atoms with van der Waals surface area (Å²) in [4.78, 5) is 13.1. The van der Waals surface area contributed by atoms with Crippen molar-refractivity contribution in [1.29, 1.82) is 0 Å². The maximum Gasteiger partial charge on any atom is 0.220 e. The standard InChI is InChI=1S/C77H131NO8/c1-3-5-7-9-11-13-15-17-19-21-23-25-27-29-31-33-35-36-37-39-41-43-45-47-49-51-53-55-57-59-61-63-65-67-73(81)78-70(69-85-77-76(84)75(83)74(82)72(68-79)86-77)71(80)66-64-62-60-58-56-54-52-50-48-46-44-42-40-38-34-32-30-28-26-24-22-20-18-16-14-12-10-8-6-4-2/h5,7,11,13,17,19,23,25,29,31,35-36,39,41,45,47,51,53,56,58,64,66,70-72,74-77,79-80,82-84H,3-4,6,8-10,12,14-16,18,20-22,24,26-28,30,32-34,37-38,40,42-44,46,48-50,52,54-55,57,59-63,65,67-69H2,1-2H3,(H,78,81)/b7-5-,13-11-,19-17-,25-23-,31-29-,36-35-,41-39-,47-45-,53-51-,58-56+,66-64+. The lowest BCUT2D eigenvalue weighted by Crippen LogP contribution is -2.60. The van der Waals surface area contributed by atoms with Crippen LogP contribution in [0.15, 0.2) is 134 Å². The molecule has 0 spiro atoms. The zero-order valence-corrected chi connectivity index (χ0v) is 55.0. The van der Waals surface area contributed by atoms with Crippen LogP contribution in [0.25, 0.3) is 0 Å². The predicted molar refractivity (Wildman–Crippen MR) is 368 cm³/mol. The zero-order valence-electron chi connectivity index (χ0n) is 55.0. The van der Waals surface area contributed by atoms with Crippen LogP contribution < -0.4 is 5.32 Å². The third kappa shape index (κ3) is 52.3. The smallest absolute Gasteiger partial charge is 0.220 e. The summed E-state index contributed by atoms with van der Waals surface area (Å²) in [5.74, 6) is -0.208. The first-order valence-corrected chi connectivity index (χ1v) is 35.4. The number of carbonyl (C=O) groups excluding carboxylic acids is 1. The Balaban J connectivity index is 2.21. The molecule has 0 aromatic carbocycles. The van der Waals surface area contributed by atoms with Gasteiger partial charge in [-0.25, -0.2) is 0 Å². The van der Waals surface area contributed by atoms with Crippen molar-refractivity contribution in [3.8, 4) is 0 Å². The van der Waals surface area contributed by atoms with Gasteiger partial charge in [0.05, 0.1) is 25.4 Å². The van der Waals surface area contributed by atoms with Gasteiger partial charge in [-0.3, -0.25) is 4.79 Å². The number of unbranched alkanes of at least 4 members (excludes halogenated alkanes) is 30. The molecule has 0 bridgehead atoms. The summed E-state index contributed by atoms with van der Waals surface area (Å²) < 4.78 is 11.3. The second kappa shape index (κ2) is 64.3. The third-order valence-corrected chi connectivity index (χ3v) is 16.0. The van der Waals surface area contributed by atoms with Crippen LogP contribution in [-0.4, -0.2) is 87.5 Å². The van der Waals surface area contributed by atoms with Gasteiger partial charge < -0.3 is 40.3 Å². The average Bonchev–Trinajstić information content (AvgIpc) is 2.60. The lowest BCUT2D eigenvalue weighted by molar-refractivity contribution is -0.302. The summed E-state index contributed by atoms with van der Waals surface area (Å²) in [6.45, 7) is 3.66. The normalized spacial score (nSPS) is 18.9. The highest BCUT2D eigenvalue weighted by atomic mass is 16.7. The number of hydrogen-bond acceptors (Lipinski definition) is 8. The van der Waals surface area contributed by atoms with Crippen LogP contribution in [0.3, 0.4) is 0 Å². The van der Waals surface area contributed by atoms with Crippen molar-refractivity contribution >= 4 is 5.91 Å². The van der Waals surface area contributed by atoms with E-state index in [0.29, 0.717) is 6.42 Å². The molecule has 1 aliphatic heterocycles. The highest BCUT2D eigenvalue weighted by Crippen LogP contribution is 2.23. The predicted octanol–water partition coefficient (Wildman–Crippen LogP) is 19.6. The molecule has 1 fully saturated rings. The second-order valence-electron chi connectivity index (χ2n) is 23.9. The minimum Gasteiger partial charge on any atom is -0.394 e. The van der Waals surface area contributed by atoms with Crippen molar-refractivity contribution in [2.24, 2.45) is 0 Å². The lowest BCUT2D eigenvalue weighted by atomic mass is 9.99. The van der Waals surface area contributed by atoms with Crippen molar-refractivity contribution in [2.45, 2.75) is 333 Å². The number of ether oxygens (including phenoxy) is 2. The van der Waals surface area contributed by atoms with Crippen LogP contribution in [0, 0.1) is 0 Å². The van der Waals surface area contributed by atoms with Crippen molar-refractivity contribution in [3.05, 3.63) is 134 Å². The van der Waals surface area contributed by atoms with Gasteiger partial charge in [-0.05, 0) is 103 Å². The summed E-state index contributed by atoms with van der Waals surface area (Å²) in [5, 5.41) is 54.7. The molecule has 1 rings (SSSR count). The molecule has 7 atom stereocenters. The number of amides is 1. The maximum atomic E-state index is 13.1. The Morgan fingerprint density at radius 1 is 0.407 bits per heavy atom. The SMILES string of the molecule is CC/C=C\C/C=C\C/C=C\C/C=C\C/C=C\C/C=C\C/C=C\C/C=C\C/C=C\CCCCCCCC(=O)NC(COC1OC(CO)C(O)C(O)C1O)C(O)/C=C/CC/C=C/CCCCCCCCCCCCCCCCCCCCCCCCCC. The van der Waals surface area contributed by atoms with E-state index in [1.54, 1.807) is 6.08 Å². The molecule has 0 aromatic heterocycles. The van der Waals surface area contributed by atoms with Gasteiger partial charge in [0.2, 0.25) is 5.91 Å². The number of aliphatic hydroxyl groups excluding tert-OH is 5. The molecule has 1 amide bonds. The van der Waals surface area contributed by atoms with E-state index in [4.69, 9.17) is 9.47 Å². The Hall–Kier alpha value is -3.67. The number of carbonyl (C=O) groups is 1. The fraction of sp³-hybridized carbons (Fsp3) is 0.701. The Labute approximate surface area is 528 Å². The number of nitrogens with one attached hydrogen (secondary N) is 1. The molecule has 9 heteroatoms. The first kappa shape index (κ1) is 80.3. The second-order valence-corrected chi connectivity index (χ2v) is 23.9. The fourth-order valence-corrected chi connectivity index (χ4v) is 10.5. The van der Waals surface area contributed by atoms with Gasteiger partial charge in [0.1, 0.15) is 24.4 Å². The van der Waals surface area contributed by atoms with E-state index in [-0.39, 0.29) is 12.5 Å². The summed E-state index contributed by atoms with van der Waals surface area (Å²) in [7, 11) is 0. The molecule has 1 saturated heterocycles. The molecule has 7 unspecified atom stereocenters. The molecular formula is C77H131NO8. The molecule has 1 heterocycles. The van der Waals surface area contributed by atoms with Crippen LogP contribution in [0.2, 0.25) is 0 Å². The summed E-state index contributed by atoms with van der Waals surface area (Å²) in [5.41, 5.74) is 0. The van der Waals surface area contributed by atoms with Crippen molar-refractivity contribution in [1.82, 2.24) is 5.32 Å². The van der Waals surface area contributed by atoms with E-state index in [9.17, 15) is 30.3 Å². The number of hydrogen-bond donors (Lipinski definition) is 6. The van der Waals surface area contributed by atoms with Crippen LogP contribution in [0.5, 0.6) is 0 Å². The first-order valence-electron chi connectivity index (χ1n) is 35.4. The molecule has 0 saturated carbocycles. The number of aliphatic hydroxyl groups is 5. The molecule has 9 nitrogen and oxygen atoms in total. The lowest BCUT2D eigenvalue weighted by Gasteiger charge is -2.40. The molecular weight excluding hydrogens is 1070 g/mol. The van der Waals surface area contributed by atoms with Crippen molar-refractivity contribution in [2.75, 3.05) is 13.2 Å². The van der Waals surface area contributed by atoms with Crippen molar-refractivity contribution < 1.29 is 39.8 Å². The van der Waals surface area contributed by atoms with Gasteiger partial charge in [-0.1, -0.05) is 314 Å². The first-order chi connectivity index (χ1) is 42.3. The van der Waals surface area contributed by atoms with Gasteiger partial charge in [-0.2, -0.15) is 0 Å². The summed E-state index contributed by atoms with van der Waals surface area (Å²) in [6, 6.07) is -0.845. The van der Waals surface area contributed by atoms with Crippen LogP contribution in [0.1, 0.15) is 290 Å². The van der Waals surface area contributed by atoms with Gasteiger partial charge >= 0.3 is 0 Å². The highest BCUT2D eigenvalue weighted by Gasteiger charge is 2.44. The zero-order chi connectivity index (χ0) is 62.1. The van der Waals surface area contributed by atoms with E-state index in [0.717, 1.165) is 116 Å². The molecule has 86 heavy (non-hydrogen) atoms. The van der Waals surface area contributed by atoms with Crippen LogP contribution in [0.4, 0.5) is 0 Å². The van der Waals surface area contributed by atoms with Crippen LogP contribution in [-0.2, 0) is 14.3 Å². The molecule has 1 aliphatic rings. The maximum absolute atomic E-state index is 13.1. The Morgan fingerprint density at radius 2 is 0.733 bits per heavy atom. The van der Waals surface area contributed by atoms with E-state index in [1.165, 1.54) is 154 Å². The fourth-order valence-electron chi connectivity index (χ4n) is 10.5. The van der Waals surface area contributed by atoms with E-state index in [2.05, 4.69) is 141 Å². The largest absolute Gasteiger partial charge is 0.394 e. The Kier molecular flexibility index (Phi) is 60.1. The Morgan fingerprint density at radius 3 is 1.12 bits per heavy atom. The monoisotopic (exact) mass is 1200 g/mol. The van der Waals surface area contributed by atoms with E-state index < -0.39 is 49.5 Å². The van der Waals surface area contributed by atoms with Gasteiger partial charge in [0.25, 0.3) is 0 Å². The third-order valence-electron chi connectivity index (χ3n) is 16.0. The summed E-state index contributed by atoms with van der Waals surface area (Å²) in [6.07, 6.45) is 91.2. The number of allylic oxidation sites excluding steroid dienone is 21. The van der Waals surface area contributed by atoms with Crippen LogP contribution >= 0.6 is 0 Å². The minimum absolute atomic E-state index is 0.208. The van der Waals surface area contributed by atoms with Gasteiger partial charge in [0, 0.05) is 6.42 Å². The number of rotatable bonds is 60. The van der Waals surface area contributed by atoms with E-state index >= 15 is 0 Å². The molecule has 492 valence electrons.